The highest BCUT2D eigenvalue weighted by atomic mass is 16.5. The van der Waals surface area contributed by atoms with Crippen LogP contribution in [0.4, 0.5) is 4.79 Å². The van der Waals surface area contributed by atoms with Crippen LogP contribution in [0.5, 0.6) is 0 Å². The SMILES string of the molecule is CN(C[C@@H]1CCC[C@H]1O)C(=O)NCC[C@@H]1CCCO1. The lowest BCUT2D eigenvalue weighted by Crippen LogP contribution is -2.41. The summed E-state index contributed by atoms with van der Waals surface area (Å²) in [5.41, 5.74) is 0. The van der Waals surface area contributed by atoms with Gasteiger partial charge in [0, 0.05) is 32.7 Å². The molecule has 1 heterocycles. The molecule has 2 amide bonds. The number of amides is 2. The Bertz CT molecular complexity index is 292. The van der Waals surface area contributed by atoms with E-state index in [2.05, 4.69) is 5.32 Å². The Hall–Kier alpha value is -0.810. The molecule has 1 aliphatic carbocycles. The number of hydrogen-bond donors (Lipinski definition) is 2. The van der Waals surface area contributed by atoms with Crippen LogP contribution in [-0.4, -0.2) is 55.0 Å². The molecule has 2 fully saturated rings. The molecule has 2 N–H and O–H groups in total. The van der Waals surface area contributed by atoms with Crippen molar-refractivity contribution in [1.82, 2.24) is 10.2 Å². The van der Waals surface area contributed by atoms with Gasteiger partial charge in [0.2, 0.25) is 0 Å². The second-order valence-electron chi connectivity index (χ2n) is 5.79. The van der Waals surface area contributed by atoms with E-state index in [1.54, 1.807) is 11.9 Å². The molecule has 2 rings (SSSR count). The summed E-state index contributed by atoms with van der Waals surface area (Å²) in [6.07, 6.45) is 6.20. The van der Waals surface area contributed by atoms with Crippen molar-refractivity contribution in [3.05, 3.63) is 0 Å². The zero-order valence-corrected chi connectivity index (χ0v) is 11.8. The molecule has 0 aromatic carbocycles. The fraction of sp³-hybridized carbons (Fsp3) is 0.929. The predicted molar refractivity (Wildman–Crippen MR) is 73.0 cm³/mol. The third-order valence-electron chi connectivity index (χ3n) is 4.24. The molecular weight excluding hydrogens is 244 g/mol. The average molecular weight is 270 g/mol. The standard InChI is InChI=1S/C14H26N2O3/c1-16(10-11-4-2-6-13(11)17)14(18)15-8-7-12-5-3-9-19-12/h11-13,17H,2-10H2,1H3,(H,15,18)/t11-,12-,13+/m0/s1. The van der Waals surface area contributed by atoms with Crippen LogP contribution in [0.3, 0.4) is 0 Å². The Morgan fingerprint density at radius 1 is 1.37 bits per heavy atom. The van der Waals surface area contributed by atoms with E-state index >= 15 is 0 Å². The van der Waals surface area contributed by atoms with Crippen LogP contribution < -0.4 is 5.32 Å². The number of rotatable bonds is 5. The summed E-state index contributed by atoms with van der Waals surface area (Å²) in [4.78, 5) is 13.6. The van der Waals surface area contributed by atoms with Gasteiger partial charge in [0.15, 0.2) is 0 Å². The van der Waals surface area contributed by atoms with Crippen molar-refractivity contribution in [2.24, 2.45) is 5.92 Å². The van der Waals surface area contributed by atoms with Crippen molar-refractivity contribution in [1.29, 1.82) is 0 Å². The zero-order valence-electron chi connectivity index (χ0n) is 11.8. The van der Waals surface area contributed by atoms with Gasteiger partial charge in [0.05, 0.1) is 12.2 Å². The van der Waals surface area contributed by atoms with Gasteiger partial charge in [-0.1, -0.05) is 6.42 Å². The molecule has 0 bridgehead atoms. The first-order chi connectivity index (χ1) is 9.16. The molecule has 0 aromatic heterocycles. The number of nitrogens with one attached hydrogen (secondary N) is 1. The molecule has 2 aliphatic rings. The molecule has 1 saturated carbocycles. The predicted octanol–water partition coefficient (Wildman–Crippen LogP) is 1.36. The summed E-state index contributed by atoms with van der Waals surface area (Å²) >= 11 is 0. The highest BCUT2D eigenvalue weighted by molar-refractivity contribution is 5.73. The second-order valence-corrected chi connectivity index (χ2v) is 5.79. The van der Waals surface area contributed by atoms with E-state index in [0.717, 1.165) is 45.1 Å². The molecule has 1 aliphatic heterocycles. The summed E-state index contributed by atoms with van der Waals surface area (Å²) in [7, 11) is 1.80. The topological polar surface area (TPSA) is 61.8 Å². The third-order valence-corrected chi connectivity index (χ3v) is 4.24. The minimum atomic E-state index is -0.234. The van der Waals surface area contributed by atoms with Crippen molar-refractivity contribution < 1.29 is 14.6 Å². The van der Waals surface area contributed by atoms with Gasteiger partial charge < -0.3 is 20.1 Å². The summed E-state index contributed by atoms with van der Waals surface area (Å²) in [6.45, 7) is 2.17. The van der Waals surface area contributed by atoms with Gasteiger partial charge in [-0.15, -0.1) is 0 Å². The number of aliphatic hydroxyl groups excluding tert-OH is 1. The maximum Gasteiger partial charge on any atom is 0.317 e. The Balaban J connectivity index is 1.61. The Morgan fingerprint density at radius 3 is 2.84 bits per heavy atom. The number of hydrogen-bond acceptors (Lipinski definition) is 3. The molecule has 5 nitrogen and oxygen atoms in total. The van der Waals surface area contributed by atoms with E-state index in [0.29, 0.717) is 19.2 Å². The number of ether oxygens (including phenoxy) is 1. The van der Waals surface area contributed by atoms with E-state index in [-0.39, 0.29) is 18.1 Å². The fourth-order valence-corrected chi connectivity index (χ4v) is 3.01. The minimum absolute atomic E-state index is 0.0444. The zero-order chi connectivity index (χ0) is 13.7. The number of carbonyl (C=O) groups excluding carboxylic acids is 1. The van der Waals surface area contributed by atoms with E-state index < -0.39 is 0 Å². The smallest absolute Gasteiger partial charge is 0.317 e. The first-order valence-electron chi connectivity index (χ1n) is 7.45. The molecule has 0 aromatic rings. The summed E-state index contributed by atoms with van der Waals surface area (Å²) in [5, 5.41) is 12.7. The maximum absolute atomic E-state index is 11.9. The van der Waals surface area contributed by atoms with Crippen molar-refractivity contribution in [3.8, 4) is 0 Å². The lowest BCUT2D eigenvalue weighted by atomic mass is 10.1. The normalized spacial score (nSPS) is 30.5. The van der Waals surface area contributed by atoms with Crippen LogP contribution >= 0.6 is 0 Å². The van der Waals surface area contributed by atoms with Gasteiger partial charge in [-0.25, -0.2) is 4.79 Å². The lowest BCUT2D eigenvalue weighted by molar-refractivity contribution is 0.103. The molecule has 0 radical (unpaired) electrons. The Labute approximate surface area is 115 Å². The van der Waals surface area contributed by atoms with E-state index in [1.807, 2.05) is 0 Å². The molecular formula is C14H26N2O3. The lowest BCUT2D eigenvalue weighted by Gasteiger charge is -2.23. The minimum Gasteiger partial charge on any atom is -0.393 e. The Morgan fingerprint density at radius 2 is 2.21 bits per heavy atom. The largest absolute Gasteiger partial charge is 0.393 e. The number of nitrogens with zero attached hydrogens (tertiary/aromatic N) is 1. The van der Waals surface area contributed by atoms with Gasteiger partial charge in [-0.05, 0) is 32.1 Å². The first-order valence-corrected chi connectivity index (χ1v) is 7.45. The molecule has 0 spiro atoms. The summed E-state index contributed by atoms with van der Waals surface area (Å²) in [5.74, 6) is 0.244. The monoisotopic (exact) mass is 270 g/mol. The average Bonchev–Trinajstić information content (AvgIpc) is 3.02. The van der Waals surface area contributed by atoms with Gasteiger partial charge in [0.25, 0.3) is 0 Å². The quantitative estimate of drug-likeness (QED) is 0.793. The number of carbonyl (C=O) groups is 1. The molecule has 5 heteroatoms. The van der Waals surface area contributed by atoms with E-state index in [1.165, 1.54) is 0 Å². The highest BCUT2D eigenvalue weighted by Gasteiger charge is 2.27. The van der Waals surface area contributed by atoms with Crippen molar-refractivity contribution >= 4 is 6.03 Å². The first kappa shape index (κ1) is 14.6. The van der Waals surface area contributed by atoms with Crippen molar-refractivity contribution in [2.45, 2.75) is 50.7 Å². The van der Waals surface area contributed by atoms with Gasteiger partial charge in [0.1, 0.15) is 0 Å². The van der Waals surface area contributed by atoms with Crippen molar-refractivity contribution in [2.75, 3.05) is 26.7 Å². The van der Waals surface area contributed by atoms with Crippen LogP contribution in [0.15, 0.2) is 0 Å². The van der Waals surface area contributed by atoms with Crippen LogP contribution in [0.25, 0.3) is 0 Å². The van der Waals surface area contributed by atoms with Gasteiger partial charge in [-0.3, -0.25) is 0 Å². The fourth-order valence-electron chi connectivity index (χ4n) is 3.01. The number of aliphatic hydroxyl groups is 1. The molecule has 110 valence electrons. The Kier molecular flexibility index (Phi) is 5.45. The summed E-state index contributed by atoms with van der Waals surface area (Å²) < 4.78 is 5.52. The van der Waals surface area contributed by atoms with E-state index in [9.17, 15) is 9.90 Å². The maximum atomic E-state index is 11.9. The molecule has 0 unspecified atom stereocenters. The van der Waals surface area contributed by atoms with Crippen molar-refractivity contribution in [3.63, 3.8) is 0 Å². The molecule has 1 saturated heterocycles. The van der Waals surface area contributed by atoms with Crippen LogP contribution in [0.1, 0.15) is 38.5 Å². The van der Waals surface area contributed by atoms with Crippen LogP contribution in [0, 0.1) is 5.92 Å². The van der Waals surface area contributed by atoms with Crippen LogP contribution in [0.2, 0.25) is 0 Å². The number of urea groups is 1. The van der Waals surface area contributed by atoms with Crippen LogP contribution in [-0.2, 0) is 4.74 Å². The second kappa shape index (κ2) is 7.10. The van der Waals surface area contributed by atoms with E-state index in [4.69, 9.17) is 4.74 Å². The highest BCUT2D eigenvalue weighted by Crippen LogP contribution is 2.25. The molecule has 19 heavy (non-hydrogen) atoms. The van der Waals surface area contributed by atoms with Gasteiger partial charge >= 0.3 is 6.03 Å². The third kappa shape index (κ3) is 4.35. The molecule has 3 atom stereocenters. The summed E-state index contributed by atoms with van der Waals surface area (Å²) in [6, 6.07) is -0.0444. The van der Waals surface area contributed by atoms with Gasteiger partial charge in [-0.2, -0.15) is 0 Å².